The van der Waals surface area contributed by atoms with Crippen LogP contribution in [0.15, 0.2) is 42.2 Å². The zero-order valence-corrected chi connectivity index (χ0v) is 18.4. The van der Waals surface area contributed by atoms with Gasteiger partial charge in [-0.15, -0.1) is 11.3 Å². The first-order chi connectivity index (χ1) is 14.7. The lowest BCUT2D eigenvalue weighted by Gasteiger charge is -2.33. The van der Waals surface area contributed by atoms with Crippen molar-refractivity contribution in [2.75, 3.05) is 13.1 Å². The second-order valence-corrected chi connectivity index (χ2v) is 9.45. The molecule has 6 heteroatoms. The van der Waals surface area contributed by atoms with Crippen LogP contribution in [-0.4, -0.2) is 33.9 Å². The normalized spacial score (nSPS) is 18.8. The van der Waals surface area contributed by atoms with Crippen LogP contribution in [0.1, 0.15) is 58.1 Å². The molecule has 3 heterocycles. The highest BCUT2D eigenvalue weighted by atomic mass is 35.5. The van der Waals surface area contributed by atoms with E-state index in [0.717, 1.165) is 53.9 Å². The van der Waals surface area contributed by atoms with Crippen LogP contribution in [-0.2, 0) is 12.8 Å². The molecule has 1 aliphatic carbocycles. The van der Waals surface area contributed by atoms with E-state index in [0.29, 0.717) is 11.6 Å². The number of amides is 1. The first kappa shape index (κ1) is 19.7. The van der Waals surface area contributed by atoms with Crippen molar-refractivity contribution < 1.29 is 4.79 Å². The largest absolute Gasteiger partial charge is 0.337 e. The molecular formula is C24H24ClN3OS. The summed E-state index contributed by atoms with van der Waals surface area (Å²) in [7, 11) is 0. The van der Waals surface area contributed by atoms with Crippen LogP contribution in [0.3, 0.4) is 0 Å². The maximum Gasteiger partial charge on any atom is 0.264 e. The van der Waals surface area contributed by atoms with E-state index >= 15 is 0 Å². The summed E-state index contributed by atoms with van der Waals surface area (Å²) in [5, 5.41) is 2.89. The SMILES string of the molecule is O=C(c1scc2c1CCCC2)N1CCC[C@H](c2ncncc2-c2ccccc2Cl)C1. The summed E-state index contributed by atoms with van der Waals surface area (Å²) in [5.74, 6) is 0.383. The maximum absolute atomic E-state index is 13.4. The number of aryl methyl sites for hydroxylation is 1. The lowest BCUT2D eigenvalue weighted by atomic mass is 9.89. The molecule has 0 saturated carbocycles. The van der Waals surface area contributed by atoms with Crippen LogP contribution in [0.2, 0.25) is 5.02 Å². The standard InChI is InChI=1S/C24H24ClN3OS/c25-21-10-4-3-9-19(21)20-12-26-15-27-22(20)16-7-5-11-28(13-16)24(29)23-18-8-2-1-6-17(18)14-30-23/h3-4,9-10,12,14-16H,1-2,5-8,11,13H2/t16-/m0/s1. The number of thiophene rings is 1. The Morgan fingerprint density at radius 1 is 1.13 bits per heavy atom. The first-order valence-electron chi connectivity index (χ1n) is 10.7. The van der Waals surface area contributed by atoms with Crippen molar-refractivity contribution in [1.29, 1.82) is 0 Å². The number of hydrogen-bond acceptors (Lipinski definition) is 4. The number of likely N-dealkylation sites (tertiary alicyclic amines) is 1. The summed E-state index contributed by atoms with van der Waals surface area (Å²) >= 11 is 8.10. The molecule has 0 N–H and O–H groups in total. The molecule has 1 aliphatic heterocycles. The van der Waals surface area contributed by atoms with Gasteiger partial charge in [0, 0.05) is 41.4 Å². The number of aromatic nitrogens is 2. The molecule has 1 fully saturated rings. The van der Waals surface area contributed by atoms with E-state index in [9.17, 15) is 4.79 Å². The van der Waals surface area contributed by atoms with Gasteiger partial charge < -0.3 is 4.90 Å². The molecule has 1 saturated heterocycles. The molecule has 0 bridgehead atoms. The monoisotopic (exact) mass is 437 g/mol. The number of piperidine rings is 1. The summed E-state index contributed by atoms with van der Waals surface area (Å²) in [5.41, 5.74) is 5.60. The molecule has 4 nitrogen and oxygen atoms in total. The van der Waals surface area contributed by atoms with Gasteiger partial charge in [0.15, 0.2) is 0 Å². The Morgan fingerprint density at radius 3 is 2.90 bits per heavy atom. The highest BCUT2D eigenvalue weighted by Gasteiger charge is 2.31. The van der Waals surface area contributed by atoms with E-state index in [1.165, 1.54) is 24.0 Å². The summed E-state index contributed by atoms with van der Waals surface area (Å²) < 4.78 is 0. The van der Waals surface area contributed by atoms with Crippen LogP contribution in [0, 0.1) is 0 Å². The van der Waals surface area contributed by atoms with Crippen molar-refractivity contribution in [2.24, 2.45) is 0 Å². The second-order valence-electron chi connectivity index (χ2n) is 8.17. The van der Waals surface area contributed by atoms with Crippen LogP contribution in [0.5, 0.6) is 0 Å². The van der Waals surface area contributed by atoms with Gasteiger partial charge in [0.25, 0.3) is 5.91 Å². The zero-order chi connectivity index (χ0) is 20.5. The molecule has 3 aromatic rings. The number of carbonyl (C=O) groups excluding carboxylic acids is 1. The quantitative estimate of drug-likeness (QED) is 0.523. The maximum atomic E-state index is 13.4. The average molecular weight is 438 g/mol. The van der Waals surface area contributed by atoms with Crippen molar-refractivity contribution in [3.8, 4) is 11.1 Å². The molecule has 1 atom stereocenters. The van der Waals surface area contributed by atoms with Gasteiger partial charge in [-0.25, -0.2) is 9.97 Å². The Morgan fingerprint density at radius 2 is 2.00 bits per heavy atom. The van der Waals surface area contributed by atoms with Gasteiger partial charge in [-0.2, -0.15) is 0 Å². The molecule has 0 spiro atoms. The van der Waals surface area contributed by atoms with Crippen molar-refractivity contribution >= 4 is 28.8 Å². The highest BCUT2D eigenvalue weighted by molar-refractivity contribution is 7.12. The van der Waals surface area contributed by atoms with E-state index in [2.05, 4.69) is 15.3 Å². The van der Waals surface area contributed by atoms with Gasteiger partial charge in [-0.3, -0.25) is 4.79 Å². The number of fused-ring (bicyclic) bond motifs is 1. The number of rotatable bonds is 3. The van der Waals surface area contributed by atoms with Crippen LogP contribution in [0.25, 0.3) is 11.1 Å². The summed E-state index contributed by atoms with van der Waals surface area (Å²) in [6.45, 7) is 1.51. The Kier molecular flexibility index (Phi) is 5.57. The third-order valence-corrected chi connectivity index (χ3v) is 7.69. The molecule has 1 amide bonds. The lowest BCUT2D eigenvalue weighted by molar-refractivity contribution is 0.0709. The van der Waals surface area contributed by atoms with Crippen molar-refractivity contribution in [2.45, 2.75) is 44.4 Å². The molecular weight excluding hydrogens is 414 g/mol. The predicted octanol–water partition coefficient (Wildman–Crippen LogP) is 5.76. The Labute approximate surface area is 185 Å². The Hall–Kier alpha value is -2.24. The number of halogens is 1. The zero-order valence-electron chi connectivity index (χ0n) is 16.8. The minimum absolute atomic E-state index is 0.188. The summed E-state index contributed by atoms with van der Waals surface area (Å²) in [4.78, 5) is 25.3. The molecule has 0 radical (unpaired) electrons. The van der Waals surface area contributed by atoms with Gasteiger partial charge in [0.1, 0.15) is 6.33 Å². The van der Waals surface area contributed by atoms with E-state index in [4.69, 9.17) is 11.6 Å². The van der Waals surface area contributed by atoms with Crippen molar-refractivity contribution in [3.05, 3.63) is 68.9 Å². The molecule has 0 unspecified atom stereocenters. The average Bonchev–Trinajstić information content (AvgIpc) is 3.23. The van der Waals surface area contributed by atoms with E-state index in [1.54, 1.807) is 17.7 Å². The third kappa shape index (κ3) is 3.65. The van der Waals surface area contributed by atoms with E-state index < -0.39 is 0 Å². The Bertz CT molecular complexity index is 1080. The van der Waals surface area contributed by atoms with Gasteiger partial charge in [-0.1, -0.05) is 29.8 Å². The molecule has 1 aromatic carbocycles. The molecule has 154 valence electrons. The van der Waals surface area contributed by atoms with Gasteiger partial charge >= 0.3 is 0 Å². The first-order valence-corrected chi connectivity index (χ1v) is 11.9. The minimum atomic E-state index is 0.188. The van der Waals surface area contributed by atoms with Crippen LogP contribution in [0.4, 0.5) is 0 Å². The number of benzene rings is 1. The smallest absolute Gasteiger partial charge is 0.264 e. The van der Waals surface area contributed by atoms with Gasteiger partial charge in [0.2, 0.25) is 0 Å². The number of hydrogen-bond donors (Lipinski definition) is 0. The Balaban J connectivity index is 1.42. The molecule has 30 heavy (non-hydrogen) atoms. The van der Waals surface area contributed by atoms with Crippen LogP contribution >= 0.6 is 22.9 Å². The third-order valence-electron chi connectivity index (χ3n) is 6.30. The molecule has 2 aliphatic rings. The highest BCUT2D eigenvalue weighted by Crippen LogP contribution is 2.37. The van der Waals surface area contributed by atoms with Crippen LogP contribution < -0.4 is 0 Å². The second kappa shape index (κ2) is 8.48. The van der Waals surface area contributed by atoms with E-state index in [-0.39, 0.29) is 11.8 Å². The number of nitrogens with zero attached hydrogens (tertiary/aromatic N) is 3. The molecule has 5 rings (SSSR count). The van der Waals surface area contributed by atoms with E-state index in [1.807, 2.05) is 35.4 Å². The van der Waals surface area contributed by atoms with Crippen molar-refractivity contribution in [1.82, 2.24) is 14.9 Å². The topological polar surface area (TPSA) is 46.1 Å². The molecule has 2 aromatic heterocycles. The number of carbonyl (C=O) groups is 1. The minimum Gasteiger partial charge on any atom is -0.337 e. The fourth-order valence-corrected chi connectivity index (χ4v) is 6.14. The summed E-state index contributed by atoms with van der Waals surface area (Å²) in [6.07, 6.45) is 10.0. The lowest BCUT2D eigenvalue weighted by Crippen LogP contribution is -2.39. The fraction of sp³-hybridized carbons (Fsp3) is 0.375. The van der Waals surface area contributed by atoms with Gasteiger partial charge in [-0.05, 0) is 61.1 Å². The van der Waals surface area contributed by atoms with Crippen molar-refractivity contribution in [3.63, 3.8) is 0 Å². The predicted molar refractivity (Wildman–Crippen MR) is 121 cm³/mol. The fourth-order valence-electron chi connectivity index (χ4n) is 4.78. The van der Waals surface area contributed by atoms with Gasteiger partial charge in [0.05, 0.1) is 10.6 Å². The summed E-state index contributed by atoms with van der Waals surface area (Å²) in [6, 6.07) is 7.81.